The fraction of sp³-hybridized carbons (Fsp3) is 0.833. The molecule has 0 rings (SSSR count). The Bertz CT molecular complexity index is 555. The summed E-state index contributed by atoms with van der Waals surface area (Å²) in [7, 11) is -17.2. The normalized spacial score (nSPS) is 22.7. The molecular weight excluding hydrogens is 405 g/mol. The van der Waals surface area contributed by atoms with Crippen LogP contribution in [-0.4, -0.2) is 77.3 Å². The molecule has 15 nitrogen and oxygen atoms in total. The number of phosphoric acid groups is 3. The Morgan fingerprint density at radius 3 is 1.75 bits per heavy atom. The van der Waals surface area contributed by atoms with Gasteiger partial charge in [-0.25, -0.2) is 13.7 Å². The number of phosphoric ester groups is 1. The number of aliphatic hydroxyl groups is 4. The molecule has 0 aliphatic heterocycles. The monoisotopic (exact) mass is 420 g/mol. The summed E-state index contributed by atoms with van der Waals surface area (Å²) < 4.78 is 43.6. The highest BCUT2D eigenvalue weighted by Gasteiger charge is 2.44. The van der Waals surface area contributed by atoms with Gasteiger partial charge in [0.15, 0.2) is 12.4 Å². The van der Waals surface area contributed by atoms with Gasteiger partial charge in [0.2, 0.25) is 0 Å². The van der Waals surface area contributed by atoms with Gasteiger partial charge in [0.05, 0.1) is 6.61 Å². The molecule has 0 aromatic heterocycles. The number of rotatable bonds is 11. The molecule has 0 fully saturated rings. The molecule has 8 N–H and O–H groups in total. The van der Waals surface area contributed by atoms with Crippen LogP contribution < -0.4 is 0 Å². The SMILES string of the molecule is O=C[C@H](OP(=O)(O)OP(=O)(O)OP(=O)(O)O)[C@@H](O)[C@H](O)[C@H](O)CO. The van der Waals surface area contributed by atoms with E-state index in [1.54, 1.807) is 0 Å². The third-order valence-corrected chi connectivity index (χ3v) is 5.91. The van der Waals surface area contributed by atoms with Crippen molar-refractivity contribution in [2.75, 3.05) is 6.61 Å². The first-order valence-corrected chi connectivity index (χ1v) is 10.1. The van der Waals surface area contributed by atoms with Crippen molar-refractivity contribution in [1.29, 1.82) is 0 Å². The second kappa shape index (κ2) is 9.03. The van der Waals surface area contributed by atoms with Crippen LogP contribution in [0.1, 0.15) is 0 Å². The van der Waals surface area contributed by atoms with Crippen molar-refractivity contribution in [2.45, 2.75) is 24.4 Å². The number of hydrogen-bond acceptors (Lipinski definition) is 11. The molecule has 24 heavy (non-hydrogen) atoms. The van der Waals surface area contributed by atoms with Gasteiger partial charge in [0.25, 0.3) is 0 Å². The van der Waals surface area contributed by atoms with Gasteiger partial charge in [-0.2, -0.15) is 8.62 Å². The quantitative estimate of drug-likeness (QED) is 0.122. The van der Waals surface area contributed by atoms with Crippen LogP contribution in [0.4, 0.5) is 0 Å². The van der Waals surface area contributed by atoms with E-state index in [4.69, 9.17) is 29.8 Å². The number of carbonyl (C=O) groups excluding carboxylic acids is 1. The maximum absolute atomic E-state index is 11.4. The fourth-order valence-corrected chi connectivity index (χ4v) is 4.29. The van der Waals surface area contributed by atoms with Crippen LogP contribution in [0.25, 0.3) is 0 Å². The summed E-state index contributed by atoms with van der Waals surface area (Å²) in [4.78, 5) is 45.4. The van der Waals surface area contributed by atoms with E-state index < -0.39 is 54.5 Å². The molecule has 0 spiro atoms. The first-order chi connectivity index (χ1) is 10.6. The minimum absolute atomic E-state index is 0.365. The molecule has 0 aromatic carbocycles. The number of aliphatic hydroxyl groups excluding tert-OH is 4. The highest BCUT2D eigenvalue weighted by atomic mass is 31.3. The highest BCUT2D eigenvalue weighted by molar-refractivity contribution is 7.66. The predicted octanol–water partition coefficient (Wildman–Crippen LogP) is -3.03. The molecule has 0 bridgehead atoms. The molecule has 144 valence electrons. The summed E-state index contributed by atoms with van der Waals surface area (Å²) in [5, 5.41) is 36.4. The van der Waals surface area contributed by atoms with Crippen LogP contribution in [0.2, 0.25) is 0 Å². The minimum Gasteiger partial charge on any atom is -0.394 e. The number of hydrogen-bond donors (Lipinski definition) is 8. The molecule has 6 atom stereocenters. The van der Waals surface area contributed by atoms with Crippen LogP contribution in [0, 0.1) is 0 Å². The van der Waals surface area contributed by atoms with E-state index in [0.717, 1.165) is 0 Å². The lowest BCUT2D eigenvalue weighted by Crippen LogP contribution is -2.47. The summed E-state index contributed by atoms with van der Waals surface area (Å²) in [5.41, 5.74) is 0. The fourth-order valence-electron chi connectivity index (χ4n) is 1.15. The van der Waals surface area contributed by atoms with Gasteiger partial charge in [-0.3, -0.25) is 4.52 Å². The maximum Gasteiger partial charge on any atom is 0.490 e. The summed E-state index contributed by atoms with van der Waals surface area (Å²) in [6, 6.07) is 0. The lowest BCUT2D eigenvalue weighted by Gasteiger charge is -2.26. The Morgan fingerprint density at radius 1 is 0.875 bits per heavy atom. The number of carbonyl (C=O) groups is 1. The third-order valence-electron chi connectivity index (χ3n) is 2.07. The molecule has 0 aromatic rings. The van der Waals surface area contributed by atoms with Crippen molar-refractivity contribution in [2.24, 2.45) is 0 Å². The van der Waals surface area contributed by atoms with E-state index >= 15 is 0 Å². The van der Waals surface area contributed by atoms with E-state index in [1.807, 2.05) is 0 Å². The standard InChI is InChI=1S/C6H15O15P3/c7-1-3(9)5(10)6(11)4(2-8)19-23(15,16)21-24(17,18)20-22(12,13)14/h2-7,9-11H,1H2,(H,15,16)(H,17,18)(H2,12,13,14)/t3-,4+,5-,6-/m1/s1. The van der Waals surface area contributed by atoms with Crippen LogP contribution >= 0.6 is 23.5 Å². The zero-order valence-electron chi connectivity index (χ0n) is 11.4. The zero-order valence-corrected chi connectivity index (χ0v) is 14.1. The van der Waals surface area contributed by atoms with Gasteiger partial charge in [-0.1, -0.05) is 0 Å². The van der Waals surface area contributed by atoms with Crippen molar-refractivity contribution in [3.8, 4) is 0 Å². The van der Waals surface area contributed by atoms with Gasteiger partial charge in [-0.15, -0.1) is 0 Å². The van der Waals surface area contributed by atoms with E-state index in [1.165, 1.54) is 0 Å². The Morgan fingerprint density at radius 2 is 1.38 bits per heavy atom. The van der Waals surface area contributed by atoms with E-state index in [2.05, 4.69) is 13.1 Å². The van der Waals surface area contributed by atoms with E-state index in [-0.39, 0.29) is 6.29 Å². The predicted molar refractivity (Wildman–Crippen MR) is 69.9 cm³/mol. The van der Waals surface area contributed by atoms with Gasteiger partial charge in [0, 0.05) is 0 Å². The maximum atomic E-state index is 11.4. The van der Waals surface area contributed by atoms with Gasteiger partial charge >= 0.3 is 23.5 Å². The lowest BCUT2D eigenvalue weighted by atomic mass is 10.0. The molecule has 0 radical (unpaired) electrons. The lowest BCUT2D eigenvalue weighted by molar-refractivity contribution is -0.134. The Balaban J connectivity index is 5.11. The summed E-state index contributed by atoms with van der Waals surface area (Å²) in [6.45, 7) is -1.07. The first-order valence-electron chi connectivity index (χ1n) is 5.56. The molecular formula is C6H15O15P3. The smallest absolute Gasteiger partial charge is 0.394 e. The average Bonchev–Trinajstić information content (AvgIpc) is 2.38. The Hall–Kier alpha value is -0.0800. The van der Waals surface area contributed by atoms with Gasteiger partial charge in [-0.05, 0) is 0 Å². The molecule has 0 aliphatic rings. The largest absolute Gasteiger partial charge is 0.490 e. The average molecular weight is 420 g/mol. The molecule has 18 heteroatoms. The minimum atomic E-state index is -5.83. The summed E-state index contributed by atoms with van der Waals surface area (Å²) in [5.74, 6) is 0. The second-order valence-electron chi connectivity index (χ2n) is 4.03. The molecule has 0 heterocycles. The van der Waals surface area contributed by atoms with Crippen LogP contribution in [-0.2, 0) is 31.6 Å². The second-order valence-corrected chi connectivity index (χ2v) is 8.40. The van der Waals surface area contributed by atoms with Crippen molar-refractivity contribution in [3.05, 3.63) is 0 Å². The van der Waals surface area contributed by atoms with Crippen molar-refractivity contribution >= 4 is 29.8 Å². The Labute approximate surface area is 133 Å². The summed E-state index contributed by atoms with van der Waals surface area (Å²) >= 11 is 0. The molecule has 0 amide bonds. The van der Waals surface area contributed by atoms with Crippen LogP contribution in [0.5, 0.6) is 0 Å². The van der Waals surface area contributed by atoms with E-state index in [9.17, 15) is 28.7 Å². The van der Waals surface area contributed by atoms with Crippen molar-refractivity contribution in [3.63, 3.8) is 0 Å². The van der Waals surface area contributed by atoms with Crippen LogP contribution in [0.15, 0.2) is 0 Å². The zero-order chi connectivity index (χ0) is 19.3. The van der Waals surface area contributed by atoms with E-state index in [0.29, 0.717) is 0 Å². The van der Waals surface area contributed by atoms with Crippen molar-refractivity contribution in [1.82, 2.24) is 0 Å². The number of aldehydes is 1. The topological polar surface area (TPSA) is 258 Å². The highest BCUT2D eigenvalue weighted by Crippen LogP contribution is 2.66. The first kappa shape index (κ1) is 23.9. The Kier molecular flexibility index (Phi) is 9.00. The molecule has 0 saturated carbocycles. The molecule has 2 unspecified atom stereocenters. The van der Waals surface area contributed by atoms with Crippen molar-refractivity contribution < 1.29 is 71.6 Å². The molecule has 0 saturated heterocycles. The van der Waals surface area contributed by atoms with Gasteiger partial charge < -0.3 is 44.8 Å². The molecule has 0 aliphatic carbocycles. The summed E-state index contributed by atoms with van der Waals surface area (Å²) in [6.07, 6.45) is -9.39. The van der Waals surface area contributed by atoms with Crippen LogP contribution in [0.3, 0.4) is 0 Å². The van der Waals surface area contributed by atoms with Gasteiger partial charge in [0.1, 0.15) is 18.3 Å². The third kappa shape index (κ3) is 8.85.